The van der Waals surface area contributed by atoms with Crippen molar-refractivity contribution in [3.63, 3.8) is 0 Å². The van der Waals surface area contributed by atoms with Crippen LogP contribution < -0.4 is 11.1 Å². The summed E-state index contributed by atoms with van der Waals surface area (Å²) in [5.41, 5.74) is 8.42. The van der Waals surface area contributed by atoms with Crippen LogP contribution in [-0.2, 0) is 17.8 Å². The number of amides is 1. The van der Waals surface area contributed by atoms with Crippen LogP contribution in [0, 0.1) is 11.6 Å². The molecule has 0 atom stereocenters. The average Bonchev–Trinajstić information content (AvgIpc) is 3.33. The lowest BCUT2D eigenvalue weighted by atomic mass is 10.1. The second-order valence-corrected chi connectivity index (χ2v) is 8.42. The highest BCUT2D eigenvalue weighted by molar-refractivity contribution is 6.09. The van der Waals surface area contributed by atoms with Gasteiger partial charge in [0.2, 0.25) is 5.78 Å². The first kappa shape index (κ1) is 21.0. The van der Waals surface area contributed by atoms with Gasteiger partial charge in [0.1, 0.15) is 23.1 Å². The summed E-state index contributed by atoms with van der Waals surface area (Å²) in [4.78, 5) is 33.6. The van der Waals surface area contributed by atoms with Crippen LogP contribution in [0.2, 0.25) is 0 Å². The van der Waals surface area contributed by atoms with Gasteiger partial charge in [-0.05, 0) is 42.0 Å². The highest BCUT2D eigenvalue weighted by atomic mass is 19.1. The number of carbonyl (C=O) groups is 2. The smallest absolute Gasteiger partial charge is 0.266 e. The number of anilines is 1. The van der Waals surface area contributed by atoms with E-state index in [9.17, 15) is 18.4 Å². The Labute approximate surface area is 197 Å². The molecule has 3 aromatic heterocycles. The number of hydrogen-bond acceptors (Lipinski definition) is 5. The molecule has 1 amide bonds. The van der Waals surface area contributed by atoms with E-state index in [0.717, 1.165) is 0 Å². The number of fused-ring (bicyclic) bond motifs is 4. The van der Waals surface area contributed by atoms with Gasteiger partial charge in [0.25, 0.3) is 5.91 Å². The van der Waals surface area contributed by atoms with Gasteiger partial charge < -0.3 is 15.6 Å². The van der Waals surface area contributed by atoms with Crippen LogP contribution in [-0.4, -0.2) is 37.2 Å². The van der Waals surface area contributed by atoms with E-state index in [1.165, 1.54) is 24.3 Å². The summed E-state index contributed by atoms with van der Waals surface area (Å²) in [6.07, 6.45) is 1.93. The molecule has 5 aromatic rings. The maximum absolute atomic E-state index is 14.3. The molecule has 3 N–H and O–H groups in total. The van der Waals surface area contributed by atoms with Crippen molar-refractivity contribution in [2.24, 2.45) is 5.73 Å². The molecular formula is C25H18F2N6O2. The third-order valence-corrected chi connectivity index (χ3v) is 6.13. The van der Waals surface area contributed by atoms with Gasteiger partial charge in [0.15, 0.2) is 5.78 Å². The zero-order chi connectivity index (χ0) is 24.3. The zero-order valence-corrected chi connectivity index (χ0v) is 18.3. The molecule has 0 saturated heterocycles. The molecule has 0 bridgehead atoms. The minimum atomic E-state index is -0.732. The number of nitrogens with zero attached hydrogens (tertiary/aromatic N) is 4. The number of hydrogen-bond donors (Lipinski definition) is 2. The number of rotatable bonds is 4. The Hall–Kier alpha value is -4.60. The fourth-order valence-corrected chi connectivity index (χ4v) is 4.68. The molecule has 6 rings (SSSR count). The average molecular weight is 472 g/mol. The van der Waals surface area contributed by atoms with Gasteiger partial charge in [-0.1, -0.05) is 12.1 Å². The maximum atomic E-state index is 14.3. The monoisotopic (exact) mass is 472 g/mol. The molecule has 1 aliphatic heterocycles. The van der Waals surface area contributed by atoms with E-state index in [1.807, 2.05) is 0 Å². The van der Waals surface area contributed by atoms with Crippen molar-refractivity contribution in [2.45, 2.75) is 13.0 Å². The number of Topliss-reactive ketones (excluding diaryl/α,β-unsaturated/α-hetero) is 1. The highest BCUT2D eigenvalue weighted by Crippen LogP contribution is 2.36. The second-order valence-electron chi connectivity index (χ2n) is 8.42. The Morgan fingerprint density at radius 1 is 1.09 bits per heavy atom. The zero-order valence-electron chi connectivity index (χ0n) is 18.3. The number of ketones is 1. The van der Waals surface area contributed by atoms with E-state index in [1.54, 1.807) is 39.4 Å². The van der Waals surface area contributed by atoms with Crippen molar-refractivity contribution in [3.8, 4) is 11.3 Å². The fraction of sp³-hybridized carbons (Fsp3) is 0.120. The van der Waals surface area contributed by atoms with E-state index in [4.69, 9.17) is 5.73 Å². The molecular weight excluding hydrogens is 454 g/mol. The van der Waals surface area contributed by atoms with E-state index in [2.05, 4.69) is 15.3 Å². The van der Waals surface area contributed by atoms with Crippen LogP contribution >= 0.6 is 0 Å². The lowest BCUT2D eigenvalue weighted by Gasteiger charge is -2.12. The molecule has 10 heteroatoms. The van der Waals surface area contributed by atoms with Crippen LogP contribution in [0.4, 0.5) is 14.6 Å². The normalized spacial score (nSPS) is 13.3. The van der Waals surface area contributed by atoms with E-state index in [-0.39, 0.29) is 31.0 Å². The fourth-order valence-electron chi connectivity index (χ4n) is 4.68. The van der Waals surface area contributed by atoms with Crippen LogP contribution in [0.5, 0.6) is 0 Å². The van der Waals surface area contributed by atoms with Crippen LogP contribution in [0.1, 0.15) is 21.7 Å². The summed E-state index contributed by atoms with van der Waals surface area (Å²) >= 11 is 0. The molecule has 2 aromatic carbocycles. The first-order valence-electron chi connectivity index (χ1n) is 10.9. The Kier molecular flexibility index (Phi) is 4.63. The van der Waals surface area contributed by atoms with E-state index >= 15 is 0 Å². The molecule has 4 heterocycles. The predicted octanol–water partition coefficient (Wildman–Crippen LogP) is 3.31. The van der Waals surface area contributed by atoms with Crippen molar-refractivity contribution in [3.05, 3.63) is 83.3 Å². The van der Waals surface area contributed by atoms with Gasteiger partial charge in [0.05, 0.1) is 24.4 Å². The molecule has 35 heavy (non-hydrogen) atoms. The predicted molar refractivity (Wildman–Crippen MR) is 125 cm³/mol. The number of nitrogens with one attached hydrogen (secondary N) is 1. The molecule has 0 aliphatic carbocycles. The number of nitrogens with two attached hydrogens (primary N) is 1. The van der Waals surface area contributed by atoms with Crippen molar-refractivity contribution in [1.82, 2.24) is 18.9 Å². The van der Waals surface area contributed by atoms with Crippen LogP contribution in [0.15, 0.2) is 54.7 Å². The second kappa shape index (κ2) is 7.73. The minimum Gasteiger partial charge on any atom is -0.364 e. The molecule has 0 radical (unpaired) electrons. The minimum absolute atomic E-state index is 0.0213. The number of aromatic nitrogens is 4. The van der Waals surface area contributed by atoms with Crippen molar-refractivity contribution in [1.29, 1.82) is 0 Å². The summed E-state index contributed by atoms with van der Waals surface area (Å²) < 4.78 is 31.6. The molecule has 1 aliphatic rings. The molecule has 8 nitrogen and oxygen atoms in total. The summed E-state index contributed by atoms with van der Waals surface area (Å²) in [6.45, 7) is 0.353. The van der Waals surface area contributed by atoms with Gasteiger partial charge in [-0.15, -0.1) is 0 Å². The first-order valence-corrected chi connectivity index (χ1v) is 10.9. The standard InChI is InChI=1S/C25H18F2N6O2/c26-14-3-1-2-13(8-14)12-33-20-5-4-15(27)9-17(20)21(22(33)23(28)35)18-6-7-32-24-19(31-25(32)30-18)10-16(34)11-29-24/h1-9,29H,10-12H2,(H2,28,35). The third kappa shape index (κ3) is 3.41. The molecule has 0 spiro atoms. The Morgan fingerprint density at radius 3 is 2.71 bits per heavy atom. The third-order valence-electron chi connectivity index (χ3n) is 6.13. The van der Waals surface area contributed by atoms with E-state index in [0.29, 0.717) is 45.0 Å². The largest absolute Gasteiger partial charge is 0.364 e. The molecule has 0 saturated carbocycles. The SMILES string of the molecule is NC(=O)c1c(-c2ccn3c4c(nc3n2)CC(=O)CN4)c2cc(F)ccc2n1Cc1cccc(F)c1. The van der Waals surface area contributed by atoms with Crippen LogP contribution in [0.3, 0.4) is 0 Å². The Balaban J connectivity index is 1.59. The number of primary amides is 1. The van der Waals surface area contributed by atoms with Gasteiger partial charge in [-0.25, -0.2) is 18.7 Å². The highest BCUT2D eigenvalue weighted by Gasteiger charge is 2.26. The quantitative estimate of drug-likeness (QED) is 0.417. The van der Waals surface area contributed by atoms with Crippen molar-refractivity contribution < 1.29 is 18.4 Å². The number of benzene rings is 2. The molecule has 174 valence electrons. The Morgan fingerprint density at radius 2 is 1.91 bits per heavy atom. The van der Waals surface area contributed by atoms with Crippen molar-refractivity contribution in [2.75, 3.05) is 11.9 Å². The van der Waals surface area contributed by atoms with Crippen LogP contribution in [0.25, 0.3) is 27.9 Å². The van der Waals surface area contributed by atoms with Gasteiger partial charge in [-0.2, -0.15) is 0 Å². The topological polar surface area (TPSA) is 107 Å². The van der Waals surface area contributed by atoms with Gasteiger partial charge in [0, 0.05) is 29.2 Å². The molecule has 0 unspecified atom stereocenters. The Bertz CT molecular complexity index is 1690. The maximum Gasteiger partial charge on any atom is 0.266 e. The summed E-state index contributed by atoms with van der Waals surface area (Å²) in [7, 11) is 0. The van der Waals surface area contributed by atoms with Crippen molar-refractivity contribution >= 4 is 34.2 Å². The molecule has 0 fully saturated rings. The van der Waals surface area contributed by atoms with Gasteiger partial charge in [-0.3, -0.25) is 14.0 Å². The summed E-state index contributed by atoms with van der Waals surface area (Å²) in [6, 6.07) is 11.9. The lowest BCUT2D eigenvalue weighted by Crippen LogP contribution is -2.23. The number of carbonyl (C=O) groups excluding carboxylic acids is 2. The number of imidazole rings is 1. The summed E-state index contributed by atoms with van der Waals surface area (Å²) in [5, 5.41) is 3.49. The lowest BCUT2D eigenvalue weighted by molar-refractivity contribution is -0.117. The number of halogens is 2. The van der Waals surface area contributed by atoms with E-state index < -0.39 is 17.5 Å². The summed E-state index contributed by atoms with van der Waals surface area (Å²) in [5.74, 6) is -0.593. The van der Waals surface area contributed by atoms with Gasteiger partial charge >= 0.3 is 0 Å². The first-order chi connectivity index (χ1) is 16.9.